The summed E-state index contributed by atoms with van der Waals surface area (Å²) in [7, 11) is 0. The van der Waals surface area contributed by atoms with E-state index in [0.717, 1.165) is 39.1 Å². The molecule has 2 aromatic heterocycles. The van der Waals surface area contributed by atoms with Crippen LogP contribution in [-0.2, 0) is 0 Å². The number of nitrogens with zero attached hydrogens (tertiary/aromatic N) is 5. The Balaban J connectivity index is 1.27. The summed E-state index contributed by atoms with van der Waals surface area (Å²) in [5.74, 6) is 1.68. The van der Waals surface area contributed by atoms with Crippen LogP contribution in [-0.4, -0.2) is 56.9 Å². The van der Waals surface area contributed by atoms with Crippen LogP contribution in [0.4, 0.5) is 5.82 Å². The van der Waals surface area contributed by atoms with E-state index in [0.29, 0.717) is 31.7 Å². The lowest BCUT2D eigenvalue weighted by Gasteiger charge is -2.36. The highest BCUT2D eigenvalue weighted by Gasteiger charge is 2.25. The maximum atomic E-state index is 13.1. The molecule has 0 saturated carbocycles. The number of rotatable bonds is 3. The maximum Gasteiger partial charge on any atom is 0.254 e. The molecule has 1 amide bonds. The molecule has 7 nitrogen and oxygen atoms in total. The van der Waals surface area contributed by atoms with E-state index >= 15 is 0 Å². The van der Waals surface area contributed by atoms with Crippen LogP contribution in [0.3, 0.4) is 0 Å². The zero-order chi connectivity index (χ0) is 22.2. The van der Waals surface area contributed by atoms with Gasteiger partial charge in [0, 0.05) is 42.7 Å². The van der Waals surface area contributed by atoms with Crippen LogP contribution >= 0.6 is 0 Å². The van der Waals surface area contributed by atoms with Gasteiger partial charge in [0.2, 0.25) is 0 Å². The molecule has 0 atom stereocenters. The number of aromatic nitrogens is 4. The summed E-state index contributed by atoms with van der Waals surface area (Å²) in [4.78, 5) is 34.3. The van der Waals surface area contributed by atoms with E-state index in [1.165, 1.54) is 0 Å². The molecule has 0 aliphatic carbocycles. The summed E-state index contributed by atoms with van der Waals surface area (Å²) in [6, 6.07) is 23.8. The van der Waals surface area contributed by atoms with E-state index in [1.807, 2.05) is 71.6 Å². The number of piperazine rings is 1. The number of anilines is 1. The molecule has 7 heteroatoms. The molecule has 162 valence electrons. The van der Waals surface area contributed by atoms with Crippen molar-refractivity contribution in [1.29, 1.82) is 0 Å². The fourth-order valence-electron chi connectivity index (χ4n) is 4.39. The van der Waals surface area contributed by atoms with Crippen molar-refractivity contribution in [2.24, 2.45) is 0 Å². The number of fused-ring (bicyclic) bond motifs is 2. The SMILES string of the molecule is O=C(c1ccc2nc[nH]c2c1)N1CCN(c2nc(-c3ccccc3)nc3ccccc23)CC1. The van der Waals surface area contributed by atoms with Gasteiger partial charge >= 0.3 is 0 Å². The van der Waals surface area contributed by atoms with Gasteiger partial charge in [-0.1, -0.05) is 42.5 Å². The van der Waals surface area contributed by atoms with Gasteiger partial charge in [-0.2, -0.15) is 0 Å². The molecular formula is C26H22N6O. The van der Waals surface area contributed by atoms with Gasteiger partial charge in [-0.25, -0.2) is 15.0 Å². The van der Waals surface area contributed by atoms with E-state index in [-0.39, 0.29) is 5.91 Å². The molecule has 3 aromatic carbocycles. The first-order valence-electron chi connectivity index (χ1n) is 11.1. The van der Waals surface area contributed by atoms with E-state index in [4.69, 9.17) is 9.97 Å². The molecule has 0 spiro atoms. The van der Waals surface area contributed by atoms with Gasteiger partial charge in [-0.05, 0) is 30.3 Å². The van der Waals surface area contributed by atoms with Gasteiger partial charge < -0.3 is 14.8 Å². The topological polar surface area (TPSA) is 78.0 Å². The molecule has 1 N–H and O–H groups in total. The zero-order valence-electron chi connectivity index (χ0n) is 18.0. The molecular weight excluding hydrogens is 412 g/mol. The number of aromatic amines is 1. The highest BCUT2D eigenvalue weighted by molar-refractivity contribution is 5.97. The van der Waals surface area contributed by atoms with Crippen LogP contribution < -0.4 is 4.90 Å². The monoisotopic (exact) mass is 434 g/mol. The van der Waals surface area contributed by atoms with Crippen molar-refractivity contribution in [1.82, 2.24) is 24.8 Å². The lowest BCUT2D eigenvalue weighted by Crippen LogP contribution is -2.49. The van der Waals surface area contributed by atoms with Crippen LogP contribution in [0.25, 0.3) is 33.3 Å². The molecule has 0 unspecified atom stereocenters. The quantitative estimate of drug-likeness (QED) is 0.462. The Bertz CT molecular complexity index is 1450. The van der Waals surface area contributed by atoms with E-state index in [1.54, 1.807) is 6.33 Å². The number of hydrogen-bond acceptors (Lipinski definition) is 5. The molecule has 1 fully saturated rings. The number of nitrogens with one attached hydrogen (secondary N) is 1. The Morgan fingerprint density at radius 1 is 0.818 bits per heavy atom. The standard InChI is InChI=1S/C26H22N6O/c33-26(19-10-11-22-23(16-19)28-17-27-22)32-14-12-31(13-15-32)25-20-8-4-5-9-21(20)29-24(30-25)18-6-2-1-3-7-18/h1-11,16-17H,12-15H2,(H,27,28). The van der Waals surface area contributed by atoms with E-state index in [2.05, 4.69) is 20.9 Å². The summed E-state index contributed by atoms with van der Waals surface area (Å²) in [5, 5.41) is 1.03. The Hall–Kier alpha value is -4.26. The van der Waals surface area contributed by atoms with Crippen molar-refractivity contribution >= 4 is 33.7 Å². The second-order valence-corrected chi connectivity index (χ2v) is 8.17. The molecule has 1 aliphatic heterocycles. The smallest absolute Gasteiger partial charge is 0.254 e. The molecule has 6 rings (SSSR count). The van der Waals surface area contributed by atoms with Crippen LogP contribution in [0.5, 0.6) is 0 Å². The minimum absolute atomic E-state index is 0.0451. The lowest BCUT2D eigenvalue weighted by molar-refractivity contribution is 0.0747. The first-order chi connectivity index (χ1) is 16.3. The number of H-pyrrole nitrogens is 1. The number of amides is 1. The van der Waals surface area contributed by atoms with Crippen molar-refractivity contribution < 1.29 is 4.79 Å². The number of carbonyl (C=O) groups is 1. The Kier molecular flexibility index (Phi) is 4.72. The third-order valence-electron chi connectivity index (χ3n) is 6.15. The van der Waals surface area contributed by atoms with Gasteiger partial charge in [0.15, 0.2) is 5.82 Å². The fraction of sp³-hybridized carbons (Fsp3) is 0.154. The van der Waals surface area contributed by atoms with Gasteiger partial charge in [0.05, 0.1) is 22.9 Å². The van der Waals surface area contributed by atoms with Gasteiger partial charge in [0.25, 0.3) is 5.91 Å². The number of benzene rings is 3. The summed E-state index contributed by atoms with van der Waals surface area (Å²) >= 11 is 0. The van der Waals surface area contributed by atoms with Crippen molar-refractivity contribution in [3.63, 3.8) is 0 Å². The number of para-hydroxylation sites is 1. The largest absolute Gasteiger partial charge is 0.352 e. The van der Waals surface area contributed by atoms with Crippen LogP contribution in [0.2, 0.25) is 0 Å². The number of hydrogen-bond donors (Lipinski definition) is 1. The zero-order valence-corrected chi connectivity index (χ0v) is 18.0. The van der Waals surface area contributed by atoms with Gasteiger partial charge in [-0.15, -0.1) is 0 Å². The fourth-order valence-corrected chi connectivity index (χ4v) is 4.39. The highest BCUT2D eigenvalue weighted by Crippen LogP contribution is 2.28. The van der Waals surface area contributed by atoms with E-state index < -0.39 is 0 Å². The summed E-state index contributed by atoms with van der Waals surface area (Å²) in [5.41, 5.74) is 4.33. The molecule has 1 saturated heterocycles. The maximum absolute atomic E-state index is 13.1. The lowest BCUT2D eigenvalue weighted by atomic mass is 10.1. The van der Waals surface area contributed by atoms with Crippen LogP contribution in [0.15, 0.2) is 79.1 Å². The van der Waals surface area contributed by atoms with Crippen molar-refractivity contribution in [2.75, 3.05) is 31.1 Å². The number of carbonyl (C=O) groups excluding carboxylic acids is 1. The van der Waals surface area contributed by atoms with Gasteiger partial charge in [0.1, 0.15) is 5.82 Å². The molecule has 33 heavy (non-hydrogen) atoms. The molecule has 3 heterocycles. The van der Waals surface area contributed by atoms with Crippen molar-refractivity contribution in [3.05, 3.63) is 84.7 Å². The van der Waals surface area contributed by atoms with Crippen LogP contribution in [0, 0.1) is 0 Å². The Morgan fingerprint density at radius 2 is 1.61 bits per heavy atom. The average Bonchev–Trinajstić information content (AvgIpc) is 3.36. The molecule has 0 radical (unpaired) electrons. The van der Waals surface area contributed by atoms with Crippen molar-refractivity contribution in [3.8, 4) is 11.4 Å². The summed E-state index contributed by atoms with van der Waals surface area (Å²) in [6.45, 7) is 2.71. The number of imidazole rings is 1. The normalized spacial score (nSPS) is 14.2. The van der Waals surface area contributed by atoms with Gasteiger partial charge in [-0.3, -0.25) is 4.79 Å². The Labute approximate surface area is 190 Å². The minimum atomic E-state index is 0.0451. The first-order valence-corrected chi connectivity index (χ1v) is 11.1. The third-order valence-corrected chi connectivity index (χ3v) is 6.15. The first kappa shape index (κ1) is 19.4. The summed E-state index contributed by atoms with van der Waals surface area (Å²) in [6.07, 6.45) is 1.65. The minimum Gasteiger partial charge on any atom is -0.352 e. The molecule has 1 aliphatic rings. The second kappa shape index (κ2) is 8.02. The molecule has 0 bridgehead atoms. The predicted octanol–water partition coefficient (Wildman–Crippen LogP) is 4.14. The highest BCUT2D eigenvalue weighted by atomic mass is 16.2. The Morgan fingerprint density at radius 3 is 2.45 bits per heavy atom. The molecule has 5 aromatic rings. The predicted molar refractivity (Wildman–Crippen MR) is 129 cm³/mol. The van der Waals surface area contributed by atoms with Crippen LogP contribution in [0.1, 0.15) is 10.4 Å². The van der Waals surface area contributed by atoms with E-state index in [9.17, 15) is 4.79 Å². The summed E-state index contributed by atoms with van der Waals surface area (Å²) < 4.78 is 0. The average molecular weight is 435 g/mol. The van der Waals surface area contributed by atoms with Crippen molar-refractivity contribution in [2.45, 2.75) is 0 Å². The second-order valence-electron chi connectivity index (χ2n) is 8.17. The third kappa shape index (κ3) is 3.57.